The molecule has 0 saturated heterocycles. The fraction of sp³-hybridized carbons (Fsp3) is 1.00. The van der Waals surface area contributed by atoms with Gasteiger partial charge in [-0.15, -0.1) is 0 Å². The Bertz CT molecular complexity index is 117. The first-order valence-electron chi connectivity index (χ1n) is 6.06. The summed E-state index contributed by atoms with van der Waals surface area (Å²) in [6, 6.07) is 0. The van der Waals surface area contributed by atoms with Gasteiger partial charge >= 0.3 is 0 Å². The number of methoxy groups -OCH3 is 1. The van der Waals surface area contributed by atoms with Crippen LogP contribution < -0.4 is 0 Å². The molecule has 0 radical (unpaired) electrons. The van der Waals surface area contributed by atoms with Crippen molar-refractivity contribution in [3.05, 3.63) is 0 Å². The zero-order valence-corrected chi connectivity index (χ0v) is 10.2. The minimum absolute atomic E-state index is 0.190. The van der Waals surface area contributed by atoms with Crippen molar-refractivity contribution in [1.29, 1.82) is 0 Å². The van der Waals surface area contributed by atoms with Crippen LogP contribution in [0.25, 0.3) is 0 Å². The first-order valence-corrected chi connectivity index (χ1v) is 6.06. The quantitative estimate of drug-likeness (QED) is 0.541. The monoisotopic (exact) mass is 218 g/mol. The number of rotatable bonds is 11. The van der Waals surface area contributed by atoms with Crippen molar-refractivity contribution in [3.8, 4) is 0 Å². The molecule has 0 spiro atoms. The number of aliphatic hydroxyl groups excluding tert-OH is 1. The van der Waals surface area contributed by atoms with Gasteiger partial charge in [0.2, 0.25) is 0 Å². The van der Waals surface area contributed by atoms with Crippen LogP contribution in [0.1, 0.15) is 45.4 Å². The molecule has 0 heterocycles. The molecule has 92 valence electrons. The summed E-state index contributed by atoms with van der Waals surface area (Å²) >= 11 is 0. The van der Waals surface area contributed by atoms with Gasteiger partial charge in [0, 0.05) is 13.7 Å². The first kappa shape index (κ1) is 14.9. The molecule has 0 fully saturated rings. The minimum Gasteiger partial charge on any atom is -0.393 e. The van der Waals surface area contributed by atoms with Gasteiger partial charge in [0.05, 0.1) is 19.3 Å². The van der Waals surface area contributed by atoms with Crippen molar-refractivity contribution < 1.29 is 14.6 Å². The summed E-state index contributed by atoms with van der Waals surface area (Å²) in [5, 5.41) is 9.59. The van der Waals surface area contributed by atoms with Crippen LogP contribution in [0.2, 0.25) is 0 Å². The third-order valence-electron chi connectivity index (χ3n) is 2.42. The molecular formula is C12H26O3. The molecule has 1 unspecified atom stereocenters. The van der Waals surface area contributed by atoms with Crippen LogP contribution in [-0.2, 0) is 9.47 Å². The number of unbranched alkanes of at least 4 members (excludes halogenated alkanes) is 3. The highest BCUT2D eigenvalue weighted by molar-refractivity contribution is 4.55. The lowest BCUT2D eigenvalue weighted by atomic mass is 10.1. The third kappa shape index (κ3) is 11.8. The average Bonchev–Trinajstić information content (AvgIpc) is 2.24. The van der Waals surface area contributed by atoms with Gasteiger partial charge in [-0.25, -0.2) is 0 Å². The van der Waals surface area contributed by atoms with E-state index in [1.807, 2.05) is 0 Å². The zero-order valence-electron chi connectivity index (χ0n) is 10.2. The molecule has 15 heavy (non-hydrogen) atoms. The maximum Gasteiger partial charge on any atom is 0.0700 e. The smallest absolute Gasteiger partial charge is 0.0700 e. The predicted molar refractivity (Wildman–Crippen MR) is 62.1 cm³/mol. The Morgan fingerprint density at radius 1 is 1.00 bits per heavy atom. The topological polar surface area (TPSA) is 38.7 Å². The van der Waals surface area contributed by atoms with Gasteiger partial charge in [-0.1, -0.05) is 32.6 Å². The second-order valence-corrected chi connectivity index (χ2v) is 3.90. The highest BCUT2D eigenvalue weighted by Crippen LogP contribution is 2.07. The van der Waals surface area contributed by atoms with Gasteiger partial charge in [-0.05, 0) is 12.8 Å². The average molecular weight is 218 g/mol. The van der Waals surface area contributed by atoms with E-state index < -0.39 is 0 Å². The summed E-state index contributed by atoms with van der Waals surface area (Å²) in [5.74, 6) is 0. The standard InChI is InChI=1S/C12H26O3/c1-3-4-5-6-7-12(13)8-9-15-11-10-14-2/h12-13H,3-11H2,1-2H3. The molecule has 3 heteroatoms. The number of aliphatic hydroxyl groups is 1. The van der Waals surface area contributed by atoms with E-state index in [1.165, 1.54) is 19.3 Å². The maximum absolute atomic E-state index is 9.59. The van der Waals surface area contributed by atoms with E-state index in [0.29, 0.717) is 19.8 Å². The van der Waals surface area contributed by atoms with Crippen molar-refractivity contribution in [2.24, 2.45) is 0 Å². The molecule has 0 aromatic rings. The Kier molecular flexibility index (Phi) is 11.9. The molecule has 0 aromatic carbocycles. The van der Waals surface area contributed by atoms with Gasteiger partial charge < -0.3 is 14.6 Å². The summed E-state index contributed by atoms with van der Waals surface area (Å²) < 4.78 is 10.1. The second kappa shape index (κ2) is 12.0. The molecule has 0 aliphatic carbocycles. The highest BCUT2D eigenvalue weighted by atomic mass is 16.5. The predicted octanol–water partition coefficient (Wildman–Crippen LogP) is 2.37. The fourth-order valence-electron chi connectivity index (χ4n) is 1.41. The minimum atomic E-state index is -0.190. The SMILES string of the molecule is CCCCCCC(O)CCOCCOC. The van der Waals surface area contributed by atoms with Gasteiger partial charge in [-0.3, -0.25) is 0 Å². The van der Waals surface area contributed by atoms with Crippen LogP contribution in [0.4, 0.5) is 0 Å². The molecular weight excluding hydrogens is 192 g/mol. The van der Waals surface area contributed by atoms with Crippen molar-refractivity contribution in [1.82, 2.24) is 0 Å². The number of hydrogen-bond donors (Lipinski definition) is 1. The van der Waals surface area contributed by atoms with E-state index in [1.54, 1.807) is 7.11 Å². The molecule has 1 N–H and O–H groups in total. The largest absolute Gasteiger partial charge is 0.393 e. The number of ether oxygens (including phenoxy) is 2. The number of hydrogen-bond acceptors (Lipinski definition) is 3. The first-order chi connectivity index (χ1) is 7.31. The van der Waals surface area contributed by atoms with E-state index in [9.17, 15) is 5.11 Å². The molecule has 0 aromatic heterocycles. The lowest BCUT2D eigenvalue weighted by molar-refractivity contribution is 0.0454. The van der Waals surface area contributed by atoms with Crippen molar-refractivity contribution in [2.45, 2.75) is 51.6 Å². The van der Waals surface area contributed by atoms with Crippen molar-refractivity contribution >= 4 is 0 Å². The lowest BCUT2D eigenvalue weighted by Crippen LogP contribution is -2.12. The molecule has 0 rings (SSSR count). The van der Waals surface area contributed by atoms with E-state index in [2.05, 4.69) is 6.92 Å². The van der Waals surface area contributed by atoms with Crippen LogP contribution in [0.3, 0.4) is 0 Å². The van der Waals surface area contributed by atoms with Crippen molar-refractivity contribution in [3.63, 3.8) is 0 Å². The fourth-order valence-corrected chi connectivity index (χ4v) is 1.41. The molecule has 0 bridgehead atoms. The maximum atomic E-state index is 9.59. The van der Waals surface area contributed by atoms with Gasteiger partial charge in [-0.2, -0.15) is 0 Å². The Morgan fingerprint density at radius 3 is 2.47 bits per heavy atom. The normalized spacial score (nSPS) is 13.0. The van der Waals surface area contributed by atoms with Crippen LogP contribution in [0.15, 0.2) is 0 Å². The molecule has 0 aliphatic rings. The van der Waals surface area contributed by atoms with Crippen molar-refractivity contribution in [2.75, 3.05) is 26.9 Å². The molecule has 0 aliphatic heterocycles. The van der Waals surface area contributed by atoms with E-state index in [-0.39, 0.29) is 6.10 Å². The summed E-state index contributed by atoms with van der Waals surface area (Å²) in [5.41, 5.74) is 0. The van der Waals surface area contributed by atoms with Crippen LogP contribution >= 0.6 is 0 Å². The van der Waals surface area contributed by atoms with Crippen LogP contribution in [-0.4, -0.2) is 38.1 Å². The Hall–Kier alpha value is -0.120. The summed E-state index contributed by atoms with van der Waals surface area (Å²) in [6.07, 6.45) is 6.35. The van der Waals surface area contributed by atoms with Gasteiger partial charge in [0.25, 0.3) is 0 Å². The summed E-state index contributed by atoms with van der Waals surface area (Å²) in [7, 11) is 1.66. The summed E-state index contributed by atoms with van der Waals surface area (Å²) in [6.45, 7) is 4.09. The van der Waals surface area contributed by atoms with E-state index >= 15 is 0 Å². The third-order valence-corrected chi connectivity index (χ3v) is 2.42. The molecule has 1 atom stereocenters. The Labute approximate surface area is 93.8 Å². The van der Waals surface area contributed by atoms with Gasteiger partial charge in [0.15, 0.2) is 0 Å². The summed E-state index contributed by atoms with van der Waals surface area (Å²) in [4.78, 5) is 0. The molecule has 0 saturated carbocycles. The van der Waals surface area contributed by atoms with Crippen LogP contribution in [0, 0.1) is 0 Å². The lowest BCUT2D eigenvalue weighted by Gasteiger charge is -2.10. The van der Waals surface area contributed by atoms with Crippen LogP contribution in [0.5, 0.6) is 0 Å². The Morgan fingerprint density at radius 2 is 1.80 bits per heavy atom. The highest BCUT2D eigenvalue weighted by Gasteiger charge is 2.03. The van der Waals surface area contributed by atoms with Gasteiger partial charge in [0.1, 0.15) is 0 Å². The van der Waals surface area contributed by atoms with E-state index in [0.717, 1.165) is 19.3 Å². The molecule has 3 nitrogen and oxygen atoms in total. The molecule has 0 amide bonds. The zero-order chi connectivity index (χ0) is 11.4. The Balaban J connectivity index is 3.08. The second-order valence-electron chi connectivity index (χ2n) is 3.90. The van der Waals surface area contributed by atoms with E-state index in [4.69, 9.17) is 9.47 Å².